The van der Waals surface area contributed by atoms with Gasteiger partial charge in [-0.25, -0.2) is 0 Å². The van der Waals surface area contributed by atoms with Crippen molar-refractivity contribution in [2.75, 3.05) is 33.4 Å². The fraction of sp³-hybridized carbons (Fsp3) is 0.650. The summed E-state index contributed by atoms with van der Waals surface area (Å²) in [6.07, 6.45) is 1.07. The molecule has 2 rings (SSSR count). The first kappa shape index (κ1) is 23.2. The zero-order valence-electron chi connectivity index (χ0n) is 16.8. The molecule has 1 aliphatic rings. The van der Waals surface area contributed by atoms with Crippen molar-refractivity contribution in [2.45, 2.75) is 52.2 Å². The van der Waals surface area contributed by atoms with E-state index in [2.05, 4.69) is 72.5 Å². The van der Waals surface area contributed by atoms with E-state index in [1.54, 1.807) is 0 Å². The van der Waals surface area contributed by atoms with Gasteiger partial charge >= 0.3 is 0 Å². The van der Waals surface area contributed by atoms with Gasteiger partial charge < -0.3 is 15.4 Å². The minimum Gasteiger partial charge on any atom is -0.379 e. The Labute approximate surface area is 176 Å². The molecule has 1 aliphatic heterocycles. The number of hydrogen-bond acceptors (Lipinski definition) is 3. The average Bonchev–Trinajstić information content (AvgIpc) is 2.65. The molecule has 5 nitrogen and oxygen atoms in total. The van der Waals surface area contributed by atoms with Crippen LogP contribution in [0.1, 0.15) is 44.9 Å². The lowest BCUT2D eigenvalue weighted by atomic mass is 10.1. The summed E-state index contributed by atoms with van der Waals surface area (Å²) in [7, 11) is 1.82. The number of nitrogens with one attached hydrogen (secondary N) is 2. The Balaban J connectivity index is 0.00000338. The lowest BCUT2D eigenvalue weighted by molar-refractivity contribution is -0.0174. The van der Waals surface area contributed by atoms with Crippen LogP contribution in [-0.2, 0) is 11.2 Å². The van der Waals surface area contributed by atoms with Gasteiger partial charge in [0, 0.05) is 32.2 Å². The predicted molar refractivity (Wildman–Crippen MR) is 121 cm³/mol. The number of halogens is 1. The highest BCUT2D eigenvalue weighted by Crippen LogP contribution is 2.14. The topological polar surface area (TPSA) is 48.9 Å². The molecule has 0 saturated carbocycles. The van der Waals surface area contributed by atoms with E-state index >= 15 is 0 Å². The van der Waals surface area contributed by atoms with Gasteiger partial charge in [0.25, 0.3) is 0 Å². The summed E-state index contributed by atoms with van der Waals surface area (Å²) in [6.45, 7) is 12.3. The van der Waals surface area contributed by atoms with Gasteiger partial charge in [-0.2, -0.15) is 0 Å². The van der Waals surface area contributed by atoms with Crippen molar-refractivity contribution in [3.05, 3.63) is 35.4 Å². The number of morpholine rings is 1. The van der Waals surface area contributed by atoms with Gasteiger partial charge in [0.05, 0.1) is 19.3 Å². The minimum absolute atomic E-state index is 0. The fourth-order valence-corrected chi connectivity index (χ4v) is 3.28. The largest absolute Gasteiger partial charge is 0.379 e. The van der Waals surface area contributed by atoms with E-state index in [1.807, 2.05) is 7.05 Å². The molecule has 3 atom stereocenters. The second-order valence-electron chi connectivity index (χ2n) is 6.93. The van der Waals surface area contributed by atoms with Crippen LogP contribution in [0.25, 0.3) is 0 Å². The van der Waals surface area contributed by atoms with Gasteiger partial charge in [0.2, 0.25) is 0 Å². The maximum atomic E-state index is 5.53. The molecule has 1 aromatic rings. The summed E-state index contributed by atoms with van der Waals surface area (Å²) in [5, 5.41) is 6.95. The van der Waals surface area contributed by atoms with Crippen molar-refractivity contribution in [2.24, 2.45) is 4.99 Å². The maximum Gasteiger partial charge on any atom is 0.191 e. The van der Waals surface area contributed by atoms with Gasteiger partial charge in [-0.3, -0.25) is 9.89 Å². The number of guanidine groups is 1. The predicted octanol–water partition coefficient (Wildman–Crippen LogP) is 3.20. The van der Waals surface area contributed by atoms with Crippen LogP contribution in [0.5, 0.6) is 0 Å². The highest BCUT2D eigenvalue weighted by atomic mass is 127. The third-order valence-corrected chi connectivity index (χ3v) is 5.01. The van der Waals surface area contributed by atoms with Crippen molar-refractivity contribution >= 4 is 29.9 Å². The van der Waals surface area contributed by atoms with Crippen LogP contribution < -0.4 is 10.6 Å². The van der Waals surface area contributed by atoms with Crippen LogP contribution in [0.4, 0.5) is 0 Å². The number of rotatable bonds is 6. The molecule has 1 saturated heterocycles. The Morgan fingerprint density at radius 1 is 1.31 bits per heavy atom. The molecule has 2 N–H and O–H groups in total. The van der Waals surface area contributed by atoms with Gasteiger partial charge in [-0.05, 0) is 38.3 Å². The summed E-state index contributed by atoms with van der Waals surface area (Å²) in [5.41, 5.74) is 2.64. The molecule has 1 heterocycles. The van der Waals surface area contributed by atoms with Crippen molar-refractivity contribution in [1.29, 1.82) is 0 Å². The van der Waals surface area contributed by atoms with Crippen molar-refractivity contribution < 1.29 is 4.74 Å². The molecular formula is C20H35IN4O. The van der Waals surface area contributed by atoms with Crippen molar-refractivity contribution in [1.82, 2.24) is 15.5 Å². The maximum absolute atomic E-state index is 5.53. The summed E-state index contributed by atoms with van der Waals surface area (Å²) in [5.74, 6) is 0.847. The summed E-state index contributed by atoms with van der Waals surface area (Å²) in [4.78, 5) is 6.87. The Morgan fingerprint density at radius 2 is 2.00 bits per heavy atom. The summed E-state index contributed by atoms with van der Waals surface area (Å²) < 4.78 is 5.53. The van der Waals surface area contributed by atoms with Gasteiger partial charge in [0.15, 0.2) is 5.96 Å². The molecule has 0 spiro atoms. The van der Waals surface area contributed by atoms with E-state index in [-0.39, 0.29) is 30.0 Å². The van der Waals surface area contributed by atoms with E-state index in [9.17, 15) is 0 Å². The molecule has 6 heteroatoms. The normalized spacial score (nSPS) is 20.8. The standard InChI is InChI=1S/C20H34N4O.HI/c1-6-18-7-9-19(10-8-18)17(4)23-20(21-5)22-13-15(2)24-11-12-25-14-16(24)3;/h7-10,15-17H,6,11-14H2,1-5H3,(H2,21,22,23);1H. The molecule has 0 aromatic heterocycles. The molecule has 0 radical (unpaired) electrons. The third kappa shape index (κ3) is 6.70. The monoisotopic (exact) mass is 474 g/mol. The molecule has 26 heavy (non-hydrogen) atoms. The molecular weight excluding hydrogens is 439 g/mol. The highest BCUT2D eigenvalue weighted by molar-refractivity contribution is 14.0. The zero-order valence-corrected chi connectivity index (χ0v) is 19.1. The van der Waals surface area contributed by atoms with E-state index in [4.69, 9.17) is 4.74 Å². The lowest BCUT2D eigenvalue weighted by Gasteiger charge is -2.38. The van der Waals surface area contributed by atoms with Gasteiger partial charge in [0.1, 0.15) is 0 Å². The SMILES string of the molecule is CCc1ccc(C(C)NC(=NC)NCC(C)N2CCOCC2C)cc1.I. The summed E-state index contributed by atoms with van der Waals surface area (Å²) in [6, 6.07) is 9.92. The quantitative estimate of drug-likeness (QED) is 0.378. The van der Waals surface area contributed by atoms with Crippen LogP contribution in [0, 0.1) is 0 Å². The Morgan fingerprint density at radius 3 is 2.58 bits per heavy atom. The second-order valence-corrected chi connectivity index (χ2v) is 6.93. The first-order valence-corrected chi connectivity index (χ1v) is 9.44. The zero-order chi connectivity index (χ0) is 18.2. The van der Waals surface area contributed by atoms with Gasteiger partial charge in [-0.1, -0.05) is 31.2 Å². The highest BCUT2D eigenvalue weighted by Gasteiger charge is 2.23. The second kappa shape index (κ2) is 11.8. The van der Waals surface area contributed by atoms with Crippen LogP contribution >= 0.6 is 24.0 Å². The smallest absolute Gasteiger partial charge is 0.191 e. The number of hydrogen-bond donors (Lipinski definition) is 2. The fourth-order valence-electron chi connectivity index (χ4n) is 3.28. The number of aliphatic imine (C=N–C) groups is 1. The van der Waals surface area contributed by atoms with Crippen LogP contribution in [0.15, 0.2) is 29.3 Å². The van der Waals surface area contributed by atoms with Crippen molar-refractivity contribution in [3.63, 3.8) is 0 Å². The first-order valence-electron chi connectivity index (χ1n) is 9.44. The first-order chi connectivity index (χ1) is 12.0. The average molecular weight is 474 g/mol. The number of nitrogens with zero attached hydrogens (tertiary/aromatic N) is 2. The Hall–Kier alpha value is -0.860. The number of benzene rings is 1. The van der Waals surface area contributed by atoms with Crippen LogP contribution in [0.3, 0.4) is 0 Å². The van der Waals surface area contributed by atoms with Gasteiger partial charge in [-0.15, -0.1) is 24.0 Å². The molecule has 1 aromatic carbocycles. The molecule has 3 unspecified atom stereocenters. The third-order valence-electron chi connectivity index (χ3n) is 5.01. The Bertz CT molecular complexity index is 549. The molecule has 148 valence electrons. The van der Waals surface area contributed by atoms with Crippen LogP contribution in [-0.4, -0.2) is 56.3 Å². The lowest BCUT2D eigenvalue weighted by Crippen LogP contribution is -2.53. The van der Waals surface area contributed by atoms with E-state index < -0.39 is 0 Å². The molecule has 1 fully saturated rings. The molecule has 0 aliphatic carbocycles. The number of aryl methyl sites for hydroxylation is 1. The van der Waals surface area contributed by atoms with E-state index in [0.717, 1.165) is 38.7 Å². The van der Waals surface area contributed by atoms with Crippen molar-refractivity contribution in [3.8, 4) is 0 Å². The van der Waals surface area contributed by atoms with Crippen LogP contribution in [0.2, 0.25) is 0 Å². The summed E-state index contributed by atoms with van der Waals surface area (Å²) >= 11 is 0. The number of ether oxygens (including phenoxy) is 1. The molecule has 0 bridgehead atoms. The Kier molecular flexibility index (Phi) is 10.5. The molecule has 0 amide bonds. The minimum atomic E-state index is 0. The van der Waals surface area contributed by atoms with E-state index in [0.29, 0.717) is 12.1 Å². The van der Waals surface area contributed by atoms with E-state index in [1.165, 1.54) is 11.1 Å².